The zero-order valence-corrected chi connectivity index (χ0v) is 23.1. The highest BCUT2D eigenvalue weighted by molar-refractivity contribution is 5.78. The van der Waals surface area contributed by atoms with E-state index in [1.54, 1.807) is 6.92 Å². The number of fused-ring (bicyclic) bond motifs is 1. The zero-order valence-electron chi connectivity index (χ0n) is 23.1. The summed E-state index contributed by atoms with van der Waals surface area (Å²) in [6.07, 6.45) is -4.19. The van der Waals surface area contributed by atoms with Gasteiger partial charge in [-0.15, -0.1) is 0 Å². The number of hydrogen-bond acceptors (Lipinski definition) is 9. The van der Waals surface area contributed by atoms with E-state index in [-0.39, 0.29) is 22.5 Å². The predicted octanol–water partition coefficient (Wildman–Crippen LogP) is 2.77. The maximum Gasteiger partial charge on any atom is 0.303 e. The average Bonchev–Trinajstić information content (AvgIpc) is 2.92. The van der Waals surface area contributed by atoms with Gasteiger partial charge in [-0.3, -0.25) is 28.5 Å². The second-order valence-electron chi connectivity index (χ2n) is 10.2. The van der Waals surface area contributed by atoms with E-state index in [0.717, 1.165) is 6.92 Å². The summed E-state index contributed by atoms with van der Waals surface area (Å²) in [6, 6.07) is 10.0. The van der Waals surface area contributed by atoms with Crippen molar-refractivity contribution in [2.24, 2.45) is 17.8 Å². The van der Waals surface area contributed by atoms with E-state index in [0.29, 0.717) is 5.69 Å². The van der Waals surface area contributed by atoms with Crippen molar-refractivity contribution in [2.75, 3.05) is 6.61 Å². The standard InChI is InChI=1S/C29H29FN2O11/c1-14-31-27-18(4-3-5-22(27)30)28(40)32(14)16-6-8-17(9-7-16)42-29-21(12-26(38)39)19(10-24(34)35)20(11-25(36)37)23(43-29)13-41-15(2)33/h3-9,19-21,23,29H,10-13H2,1-2H3,(H,34,35)(H,36,37)(H,38,39)/t19-,20+,21+,23-,29-/m1/s1. The first-order valence-corrected chi connectivity index (χ1v) is 13.2. The predicted molar refractivity (Wildman–Crippen MR) is 145 cm³/mol. The number of aryl methyl sites for hydroxylation is 1. The lowest BCUT2D eigenvalue weighted by atomic mass is 9.71. The first-order chi connectivity index (χ1) is 20.3. The molecule has 0 bridgehead atoms. The van der Waals surface area contributed by atoms with Gasteiger partial charge in [-0.2, -0.15) is 0 Å². The highest BCUT2D eigenvalue weighted by atomic mass is 19.1. The van der Waals surface area contributed by atoms with Gasteiger partial charge in [0.15, 0.2) is 0 Å². The van der Waals surface area contributed by atoms with Crippen LogP contribution in [0.1, 0.15) is 32.0 Å². The first-order valence-electron chi connectivity index (χ1n) is 13.2. The van der Waals surface area contributed by atoms with Crippen molar-refractivity contribution < 1.29 is 53.1 Å². The lowest BCUT2D eigenvalue weighted by Crippen LogP contribution is -2.53. The van der Waals surface area contributed by atoms with Crippen LogP contribution in [0.2, 0.25) is 0 Å². The molecule has 4 rings (SSSR count). The van der Waals surface area contributed by atoms with E-state index < -0.39 is 91.3 Å². The Kier molecular flexibility index (Phi) is 9.39. The van der Waals surface area contributed by atoms with Crippen molar-refractivity contribution in [1.82, 2.24) is 9.55 Å². The van der Waals surface area contributed by atoms with E-state index in [9.17, 15) is 43.7 Å². The molecule has 0 unspecified atom stereocenters. The first kappa shape index (κ1) is 31.1. The fourth-order valence-electron chi connectivity index (χ4n) is 5.48. The second-order valence-corrected chi connectivity index (χ2v) is 10.2. The lowest BCUT2D eigenvalue weighted by molar-refractivity contribution is -0.237. The summed E-state index contributed by atoms with van der Waals surface area (Å²) in [7, 11) is 0. The Bertz CT molecular complexity index is 1600. The van der Waals surface area contributed by atoms with Gasteiger partial charge in [0.2, 0.25) is 6.29 Å². The highest BCUT2D eigenvalue weighted by Crippen LogP contribution is 2.42. The SMILES string of the molecule is CC(=O)OC[C@H]1O[C@@H](Oc2ccc(-n3c(C)nc4c(F)cccc4c3=O)cc2)[C@@H](CC(=O)O)[C@H](CC(=O)O)[C@@H]1CC(=O)O. The second kappa shape index (κ2) is 13.0. The molecule has 43 heavy (non-hydrogen) atoms. The summed E-state index contributed by atoms with van der Waals surface area (Å²) in [5.41, 5.74) is -0.180. The Morgan fingerprint density at radius 3 is 2.14 bits per heavy atom. The molecule has 1 aliphatic heterocycles. The van der Waals surface area contributed by atoms with Crippen molar-refractivity contribution in [3.63, 3.8) is 0 Å². The molecule has 1 fully saturated rings. The zero-order chi connectivity index (χ0) is 31.4. The van der Waals surface area contributed by atoms with Crippen LogP contribution in [0.5, 0.6) is 5.75 Å². The summed E-state index contributed by atoms with van der Waals surface area (Å²) in [4.78, 5) is 64.1. The number of benzene rings is 2. The lowest BCUT2D eigenvalue weighted by Gasteiger charge is -2.45. The minimum atomic E-state index is -1.35. The number of carboxylic acid groups (broad SMARTS) is 3. The van der Waals surface area contributed by atoms with E-state index >= 15 is 0 Å². The van der Waals surface area contributed by atoms with E-state index in [1.807, 2.05) is 0 Å². The number of nitrogens with zero attached hydrogens (tertiary/aromatic N) is 2. The molecule has 1 aliphatic rings. The monoisotopic (exact) mass is 600 g/mol. The Morgan fingerprint density at radius 1 is 0.930 bits per heavy atom. The number of hydrogen-bond donors (Lipinski definition) is 3. The third-order valence-corrected chi connectivity index (χ3v) is 7.28. The summed E-state index contributed by atoms with van der Waals surface area (Å²) >= 11 is 0. The molecule has 0 spiro atoms. The van der Waals surface area contributed by atoms with Crippen molar-refractivity contribution >= 4 is 34.8 Å². The van der Waals surface area contributed by atoms with Crippen LogP contribution in [0.25, 0.3) is 16.6 Å². The molecule has 2 aromatic carbocycles. The molecular formula is C29H29FN2O11. The quantitative estimate of drug-likeness (QED) is 0.273. The van der Waals surface area contributed by atoms with Gasteiger partial charge < -0.3 is 29.5 Å². The van der Waals surface area contributed by atoms with Gasteiger partial charge in [0.1, 0.15) is 29.5 Å². The Balaban J connectivity index is 1.68. The molecule has 0 amide bonds. The Hall–Kier alpha value is -4.85. The number of halogens is 1. The van der Waals surface area contributed by atoms with Gasteiger partial charge in [-0.25, -0.2) is 9.37 Å². The van der Waals surface area contributed by atoms with Crippen LogP contribution < -0.4 is 10.3 Å². The minimum Gasteiger partial charge on any atom is -0.481 e. The van der Waals surface area contributed by atoms with Crippen molar-refractivity contribution in [3.8, 4) is 11.4 Å². The highest BCUT2D eigenvalue weighted by Gasteiger charge is 2.49. The molecule has 228 valence electrons. The van der Waals surface area contributed by atoms with Gasteiger partial charge in [0.05, 0.1) is 30.0 Å². The molecule has 3 N–H and O–H groups in total. The van der Waals surface area contributed by atoms with Gasteiger partial charge >= 0.3 is 23.9 Å². The molecule has 5 atom stereocenters. The fourth-order valence-corrected chi connectivity index (χ4v) is 5.48. The minimum absolute atomic E-state index is 0.0550. The number of para-hydroxylation sites is 1. The molecule has 0 saturated carbocycles. The summed E-state index contributed by atoms with van der Waals surface area (Å²) < 4.78 is 32.5. The molecule has 13 nitrogen and oxygen atoms in total. The third-order valence-electron chi connectivity index (χ3n) is 7.28. The van der Waals surface area contributed by atoms with Gasteiger partial charge in [0, 0.05) is 25.2 Å². The molecule has 2 heterocycles. The number of carboxylic acids is 3. The molecule has 1 saturated heterocycles. The van der Waals surface area contributed by atoms with E-state index in [4.69, 9.17) is 14.2 Å². The number of aromatic nitrogens is 2. The van der Waals surface area contributed by atoms with Gasteiger partial charge in [-0.1, -0.05) is 6.07 Å². The average molecular weight is 601 g/mol. The number of aliphatic carboxylic acids is 3. The largest absolute Gasteiger partial charge is 0.481 e. The summed E-state index contributed by atoms with van der Waals surface area (Å²) in [6.45, 7) is 2.28. The van der Waals surface area contributed by atoms with Gasteiger partial charge in [0.25, 0.3) is 5.56 Å². The van der Waals surface area contributed by atoms with Crippen LogP contribution in [-0.2, 0) is 28.7 Å². The van der Waals surface area contributed by atoms with Crippen LogP contribution in [0.15, 0.2) is 47.3 Å². The maximum absolute atomic E-state index is 14.2. The number of rotatable bonds is 11. The van der Waals surface area contributed by atoms with Crippen LogP contribution in [0.4, 0.5) is 4.39 Å². The summed E-state index contributed by atoms with van der Waals surface area (Å²) in [5.74, 6) is -7.86. The van der Waals surface area contributed by atoms with Crippen molar-refractivity contribution in [3.05, 3.63) is 64.5 Å². The molecule has 1 aromatic heterocycles. The van der Waals surface area contributed by atoms with E-state index in [2.05, 4.69) is 4.98 Å². The number of carbonyl (C=O) groups is 4. The number of carbonyl (C=O) groups excluding carboxylic acids is 1. The topological polar surface area (TPSA) is 192 Å². The van der Waals surface area contributed by atoms with Crippen molar-refractivity contribution in [1.29, 1.82) is 0 Å². The Labute approximate surface area is 243 Å². The fraction of sp³-hybridized carbons (Fsp3) is 0.379. The van der Waals surface area contributed by atoms with Crippen LogP contribution >= 0.6 is 0 Å². The Morgan fingerprint density at radius 2 is 1.53 bits per heavy atom. The van der Waals surface area contributed by atoms with Gasteiger partial charge in [-0.05, 0) is 49.2 Å². The molecule has 14 heteroatoms. The van der Waals surface area contributed by atoms with Crippen molar-refractivity contribution in [2.45, 2.75) is 45.5 Å². The summed E-state index contributed by atoms with van der Waals surface area (Å²) in [5, 5.41) is 28.8. The third kappa shape index (κ3) is 7.15. The molecule has 0 radical (unpaired) electrons. The van der Waals surface area contributed by atoms with Crippen LogP contribution in [0.3, 0.4) is 0 Å². The number of esters is 1. The van der Waals surface area contributed by atoms with Crippen LogP contribution in [-0.4, -0.2) is 67.7 Å². The number of ether oxygens (including phenoxy) is 3. The molecule has 0 aliphatic carbocycles. The normalized spacial score (nSPS) is 21.7. The smallest absolute Gasteiger partial charge is 0.303 e. The van der Waals surface area contributed by atoms with Crippen LogP contribution in [0, 0.1) is 30.5 Å². The molecule has 3 aromatic rings. The molecular weight excluding hydrogens is 571 g/mol. The van der Waals surface area contributed by atoms with E-state index in [1.165, 1.54) is 47.0 Å². The maximum atomic E-state index is 14.2.